The van der Waals surface area contributed by atoms with Crippen molar-refractivity contribution in [3.8, 4) is 0 Å². The molecule has 0 saturated heterocycles. The minimum atomic E-state index is -9.77. The molecule has 2 heterocycles. The second-order valence-corrected chi connectivity index (χ2v) is 8.53. The number of aryl methyl sites for hydroxylation is 1. The number of halogens is 5. The molecule has 0 aliphatic heterocycles. The molecule has 3 rings (SSSR count). The van der Waals surface area contributed by atoms with Crippen LogP contribution < -0.4 is 10.9 Å². The Morgan fingerprint density at radius 3 is 2.48 bits per heavy atom. The van der Waals surface area contributed by atoms with E-state index in [9.17, 15) is 24.2 Å². The Kier molecular flexibility index (Phi) is 3.82. The van der Waals surface area contributed by atoms with Crippen molar-refractivity contribution in [3.05, 3.63) is 58.3 Å². The molecule has 27 heavy (non-hydrogen) atoms. The highest BCUT2D eigenvalue weighted by Crippen LogP contribution is 3.02. The third-order valence-electron chi connectivity index (χ3n) is 3.87. The minimum absolute atomic E-state index is 0.00888. The van der Waals surface area contributed by atoms with Gasteiger partial charge in [0.25, 0.3) is 0 Å². The maximum Gasteiger partial charge on any atom is 0.310 e. The molecule has 0 unspecified atom stereocenters. The number of hydrogen-bond acceptors (Lipinski definition) is 4. The third-order valence-corrected chi connectivity index (χ3v) is 5.02. The Morgan fingerprint density at radius 2 is 1.81 bits per heavy atom. The molecule has 0 aliphatic carbocycles. The lowest BCUT2D eigenvalue weighted by Crippen LogP contribution is -2.12. The SMILES string of the molecule is Cc1nc(N[C@H](C)c2cccc(S(F)(F)(F)(F)F)c2)c2c[nH]c(=O)cc2n1. The van der Waals surface area contributed by atoms with Crippen molar-refractivity contribution in [2.24, 2.45) is 0 Å². The largest absolute Gasteiger partial charge is 0.363 e. The number of nitrogens with one attached hydrogen (secondary N) is 2. The molecule has 5 nitrogen and oxygen atoms in total. The Morgan fingerprint density at radius 1 is 1.11 bits per heavy atom. The minimum Gasteiger partial charge on any atom is -0.363 e. The van der Waals surface area contributed by atoms with Crippen molar-refractivity contribution in [1.82, 2.24) is 15.0 Å². The summed E-state index contributed by atoms with van der Waals surface area (Å²) in [5.74, 6) is 0.600. The summed E-state index contributed by atoms with van der Waals surface area (Å²) < 4.78 is 65.2. The highest BCUT2D eigenvalue weighted by Gasteiger charge is 2.65. The zero-order chi connectivity index (χ0) is 20.1. The number of nitrogens with zero attached hydrogens (tertiary/aromatic N) is 2. The van der Waals surface area contributed by atoms with Crippen molar-refractivity contribution < 1.29 is 19.4 Å². The second-order valence-electron chi connectivity index (χ2n) is 6.12. The average molecular weight is 406 g/mol. The van der Waals surface area contributed by atoms with Gasteiger partial charge in [-0.15, -0.1) is 0 Å². The fourth-order valence-corrected chi connectivity index (χ4v) is 3.28. The van der Waals surface area contributed by atoms with Gasteiger partial charge in [0.15, 0.2) is 0 Å². The van der Waals surface area contributed by atoms with Crippen LogP contribution in [0.15, 0.2) is 46.2 Å². The number of aromatic amines is 1. The average Bonchev–Trinajstić information content (AvgIpc) is 2.52. The summed E-state index contributed by atoms with van der Waals surface area (Å²) in [7, 11) is -9.77. The second kappa shape index (κ2) is 5.41. The van der Waals surface area contributed by atoms with Crippen molar-refractivity contribution >= 4 is 26.9 Å². The van der Waals surface area contributed by atoms with Crippen LogP contribution in [-0.4, -0.2) is 15.0 Å². The van der Waals surface area contributed by atoms with Crippen LogP contribution >= 0.6 is 10.2 Å². The summed E-state index contributed by atoms with van der Waals surface area (Å²) in [6.45, 7) is 3.10. The normalized spacial score (nSPS) is 15.8. The number of pyridine rings is 1. The van der Waals surface area contributed by atoms with Gasteiger partial charge < -0.3 is 10.3 Å². The van der Waals surface area contributed by atoms with Crippen LogP contribution in [-0.2, 0) is 0 Å². The van der Waals surface area contributed by atoms with Gasteiger partial charge >= 0.3 is 10.2 Å². The van der Waals surface area contributed by atoms with Gasteiger partial charge in [-0.05, 0) is 31.5 Å². The molecule has 0 aliphatic rings. The van der Waals surface area contributed by atoms with Crippen LogP contribution in [0.2, 0.25) is 0 Å². The first-order chi connectivity index (χ1) is 12.2. The Bertz CT molecular complexity index is 1100. The van der Waals surface area contributed by atoms with E-state index in [1.165, 1.54) is 25.3 Å². The van der Waals surface area contributed by atoms with E-state index in [0.29, 0.717) is 28.9 Å². The smallest absolute Gasteiger partial charge is 0.310 e. The quantitative estimate of drug-likeness (QED) is 0.565. The van der Waals surface area contributed by atoms with Gasteiger partial charge in [0.1, 0.15) is 16.5 Å². The van der Waals surface area contributed by atoms with E-state index in [2.05, 4.69) is 20.3 Å². The van der Waals surface area contributed by atoms with Crippen molar-refractivity contribution in [1.29, 1.82) is 0 Å². The van der Waals surface area contributed by atoms with Gasteiger partial charge in [-0.2, -0.15) is 0 Å². The van der Waals surface area contributed by atoms with Crippen molar-refractivity contribution in [3.63, 3.8) is 0 Å². The molecule has 1 atom stereocenters. The first-order valence-corrected chi connectivity index (χ1v) is 9.66. The van der Waals surface area contributed by atoms with Gasteiger partial charge in [-0.1, -0.05) is 31.6 Å². The molecule has 146 valence electrons. The first kappa shape index (κ1) is 19.1. The number of H-pyrrole nitrogens is 1. The van der Waals surface area contributed by atoms with Gasteiger partial charge in [-0.3, -0.25) is 4.79 Å². The maximum absolute atomic E-state index is 13.0. The first-order valence-electron chi connectivity index (χ1n) is 7.70. The van der Waals surface area contributed by atoms with Crippen LogP contribution in [0.4, 0.5) is 25.2 Å². The summed E-state index contributed by atoms with van der Waals surface area (Å²) >= 11 is 0. The molecule has 0 bridgehead atoms. The zero-order valence-electron chi connectivity index (χ0n) is 14.1. The Balaban J connectivity index is 2.01. The monoisotopic (exact) mass is 406 g/mol. The molecule has 0 fully saturated rings. The van der Waals surface area contributed by atoms with Crippen LogP contribution in [0.3, 0.4) is 0 Å². The number of aromatic nitrogens is 3. The molecule has 2 N–H and O–H groups in total. The molecule has 3 aromatic rings. The Hall–Kier alpha value is -2.69. The highest BCUT2D eigenvalue weighted by atomic mass is 32.5. The fourth-order valence-electron chi connectivity index (χ4n) is 2.59. The van der Waals surface area contributed by atoms with E-state index in [0.717, 1.165) is 6.07 Å². The predicted molar refractivity (Wildman–Crippen MR) is 94.8 cm³/mol. The Labute approximate surface area is 150 Å². The molecule has 0 saturated carbocycles. The lowest BCUT2D eigenvalue weighted by molar-refractivity contribution is 0.364. The number of fused-ring (bicyclic) bond motifs is 1. The molecule has 0 radical (unpaired) electrons. The number of hydrogen-bond donors (Lipinski definition) is 2. The lowest BCUT2D eigenvalue weighted by atomic mass is 10.1. The van der Waals surface area contributed by atoms with Crippen molar-refractivity contribution in [2.45, 2.75) is 24.8 Å². The van der Waals surface area contributed by atoms with E-state index < -0.39 is 21.2 Å². The van der Waals surface area contributed by atoms with E-state index in [1.54, 1.807) is 6.92 Å². The molecule has 0 spiro atoms. The van der Waals surface area contributed by atoms with Crippen molar-refractivity contribution in [2.75, 3.05) is 5.32 Å². The van der Waals surface area contributed by atoms with Gasteiger partial charge in [-0.25, -0.2) is 9.97 Å². The molecule has 1 aromatic carbocycles. The van der Waals surface area contributed by atoms with Crippen LogP contribution in [0, 0.1) is 6.92 Å². The molecular formula is C16H15F5N4OS. The highest BCUT2D eigenvalue weighted by molar-refractivity contribution is 8.45. The maximum atomic E-state index is 13.0. The lowest BCUT2D eigenvalue weighted by Gasteiger charge is -2.40. The molecular weight excluding hydrogens is 391 g/mol. The standard InChI is InChI=1S/C16H15F5N4OS/c1-9(11-4-3-5-12(6-11)27(17,18,19,20)21)23-16-13-8-22-15(26)7-14(13)24-10(2)25-16/h3-9H,1-2H3,(H,22,26)(H,23,24,25)/t9-/m1/s1. The summed E-state index contributed by atoms with van der Waals surface area (Å²) in [6.07, 6.45) is 1.37. The van der Waals surface area contributed by atoms with Gasteiger partial charge in [0.05, 0.1) is 16.9 Å². The summed E-state index contributed by atoms with van der Waals surface area (Å²) in [4.78, 5) is 20.3. The van der Waals surface area contributed by atoms with Crippen LogP contribution in [0.1, 0.15) is 24.4 Å². The zero-order valence-corrected chi connectivity index (χ0v) is 15.0. The summed E-state index contributed by atoms with van der Waals surface area (Å²) in [5, 5.41) is 3.33. The number of rotatable bonds is 4. The van der Waals surface area contributed by atoms with Crippen LogP contribution in [0.25, 0.3) is 10.9 Å². The van der Waals surface area contributed by atoms with E-state index in [-0.39, 0.29) is 16.9 Å². The van der Waals surface area contributed by atoms with Crippen LogP contribution in [0.5, 0.6) is 0 Å². The number of anilines is 1. The summed E-state index contributed by atoms with van der Waals surface area (Å²) in [5.41, 5.74) is -0.0144. The predicted octanol–water partition coefficient (Wildman–Crippen LogP) is 5.46. The fraction of sp³-hybridized carbons (Fsp3) is 0.188. The van der Waals surface area contributed by atoms with E-state index in [1.807, 2.05) is 0 Å². The molecule has 11 heteroatoms. The van der Waals surface area contributed by atoms with Gasteiger partial charge in [0.2, 0.25) is 5.56 Å². The summed E-state index contributed by atoms with van der Waals surface area (Å²) in [6, 6.07) is 3.51. The topological polar surface area (TPSA) is 70.7 Å². The van der Waals surface area contributed by atoms with E-state index >= 15 is 0 Å². The van der Waals surface area contributed by atoms with E-state index in [4.69, 9.17) is 0 Å². The molecule has 2 aromatic heterocycles. The molecule has 0 amide bonds. The third kappa shape index (κ3) is 4.18. The van der Waals surface area contributed by atoms with Gasteiger partial charge in [0, 0.05) is 12.3 Å². The number of benzene rings is 1.